The summed E-state index contributed by atoms with van der Waals surface area (Å²) in [6, 6.07) is 18.9. The third kappa shape index (κ3) is 6.44. The normalized spacial score (nSPS) is 9.97. The Balaban J connectivity index is 2.00. The maximum absolute atomic E-state index is 13.3. The Kier molecular flexibility index (Phi) is 9.11. The second kappa shape index (κ2) is 12.7. The molecular weight excluding hydrogens is 460 g/mol. The minimum absolute atomic E-state index is 0.145. The molecule has 0 saturated heterocycles. The van der Waals surface area contributed by atoms with Crippen LogP contribution < -0.4 is 29.6 Å². The lowest BCUT2D eigenvalue weighted by Gasteiger charge is -2.14. The van der Waals surface area contributed by atoms with E-state index in [0.29, 0.717) is 46.5 Å². The summed E-state index contributed by atoms with van der Waals surface area (Å²) in [6.45, 7) is 3.94. The van der Waals surface area contributed by atoms with Crippen LogP contribution in [0.1, 0.15) is 5.56 Å². The molecule has 8 heteroatoms. The average molecular weight is 489 g/mol. The number of anilines is 2. The Hall–Kier alpha value is -4.72. The molecule has 0 aromatic heterocycles. The molecule has 186 valence electrons. The summed E-state index contributed by atoms with van der Waals surface area (Å²) in [5.41, 5.74) is 1.25. The van der Waals surface area contributed by atoms with Gasteiger partial charge in [0.1, 0.15) is 23.7 Å². The van der Waals surface area contributed by atoms with Crippen LogP contribution in [-0.2, 0) is 9.59 Å². The highest BCUT2D eigenvalue weighted by Gasteiger charge is 2.21. The van der Waals surface area contributed by atoms with E-state index in [2.05, 4.69) is 17.2 Å². The first-order valence-corrected chi connectivity index (χ1v) is 11.0. The largest absolute Gasteiger partial charge is 0.495 e. The lowest BCUT2D eigenvalue weighted by molar-refractivity contribution is -0.118. The summed E-state index contributed by atoms with van der Waals surface area (Å²) in [6.07, 6.45) is 3.09. The van der Waals surface area contributed by atoms with Crippen molar-refractivity contribution in [3.8, 4) is 23.0 Å². The van der Waals surface area contributed by atoms with Crippen LogP contribution in [0.3, 0.4) is 0 Å². The quantitative estimate of drug-likeness (QED) is 0.172. The Morgan fingerprint density at radius 2 is 1.28 bits per heavy atom. The number of carbonyl (C=O) groups excluding carboxylic acids is 2. The fourth-order valence-electron chi connectivity index (χ4n) is 3.32. The Morgan fingerprint density at radius 1 is 0.750 bits per heavy atom. The van der Waals surface area contributed by atoms with Gasteiger partial charge in [-0.3, -0.25) is 9.59 Å². The molecule has 0 aliphatic heterocycles. The number of para-hydroxylation sites is 4. The standard InChI is InChI=1S/C28H28N2O6/c1-5-16-36-25-15-14-19(18-26(25)35-4)17-20(27(31)29-21-10-6-8-12-23(21)33-2)28(32)30-22-11-7-9-13-24(22)34-3/h5-15,17-18H,1,16H2,2-4H3,(H,29,31)(H,30,32). The average Bonchev–Trinajstić information content (AvgIpc) is 2.91. The van der Waals surface area contributed by atoms with E-state index in [9.17, 15) is 9.59 Å². The van der Waals surface area contributed by atoms with Gasteiger partial charge in [-0.05, 0) is 48.0 Å². The van der Waals surface area contributed by atoms with E-state index < -0.39 is 11.8 Å². The molecule has 2 amide bonds. The highest BCUT2D eigenvalue weighted by molar-refractivity contribution is 6.29. The minimum atomic E-state index is -0.627. The number of carbonyl (C=O) groups is 2. The van der Waals surface area contributed by atoms with Crippen molar-refractivity contribution in [1.82, 2.24) is 0 Å². The first-order valence-electron chi connectivity index (χ1n) is 11.0. The molecule has 0 unspecified atom stereocenters. The second-order valence-corrected chi connectivity index (χ2v) is 7.38. The van der Waals surface area contributed by atoms with E-state index in [1.54, 1.807) is 72.8 Å². The minimum Gasteiger partial charge on any atom is -0.495 e. The van der Waals surface area contributed by atoms with Gasteiger partial charge in [-0.2, -0.15) is 0 Å². The van der Waals surface area contributed by atoms with E-state index in [1.165, 1.54) is 27.4 Å². The molecule has 0 heterocycles. The van der Waals surface area contributed by atoms with Crippen molar-refractivity contribution in [2.24, 2.45) is 0 Å². The first kappa shape index (κ1) is 25.9. The van der Waals surface area contributed by atoms with Crippen LogP contribution in [-0.4, -0.2) is 39.8 Å². The van der Waals surface area contributed by atoms with Crippen LogP contribution >= 0.6 is 0 Å². The van der Waals surface area contributed by atoms with Gasteiger partial charge in [-0.1, -0.05) is 43.0 Å². The predicted octanol–water partition coefficient (Wildman–Crippen LogP) is 4.94. The number of hydrogen-bond acceptors (Lipinski definition) is 6. The SMILES string of the molecule is C=CCOc1ccc(C=C(C(=O)Nc2ccccc2OC)C(=O)Nc2ccccc2OC)cc1OC. The predicted molar refractivity (Wildman–Crippen MR) is 140 cm³/mol. The van der Waals surface area contributed by atoms with Gasteiger partial charge in [0, 0.05) is 0 Å². The number of rotatable bonds is 11. The highest BCUT2D eigenvalue weighted by atomic mass is 16.5. The Bertz CT molecular complexity index is 1200. The number of hydrogen-bond donors (Lipinski definition) is 2. The topological polar surface area (TPSA) is 95.1 Å². The van der Waals surface area contributed by atoms with Crippen LogP contribution in [0.5, 0.6) is 23.0 Å². The lowest BCUT2D eigenvalue weighted by Crippen LogP contribution is -2.25. The summed E-state index contributed by atoms with van der Waals surface area (Å²) in [5.74, 6) is 0.616. The zero-order valence-corrected chi connectivity index (χ0v) is 20.4. The highest BCUT2D eigenvalue weighted by Crippen LogP contribution is 2.30. The Morgan fingerprint density at radius 3 is 1.78 bits per heavy atom. The summed E-state index contributed by atoms with van der Waals surface area (Å²) in [4.78, 5) is 26.7. The Labute approximate surface area is 210 Å². The van der Waals surface area contributed by atoms with E-state index in [4.69, 9.17) is 18.9 Å². The lowest BCUT2D eigenvalue weighted by atomic mass is 10.1. The van der Waals surface area contributed by atoms with E-state index >= 15 is 0 Å². The van der Waals surface area contributed by atoms with Crippen LogP contribution in [0.25, 0.3) is 6.08 Å². The van der Waals surface area contributed by atoms with Crippen molar-refractivity contribution in [2.45, 2.75) is 0 Å². The molecule has 3 aromatic carbocycles. The molecule has 8 nitrogen and oxygen atoms in total. The van der Waals surface area contributed by atoms with Crippen molar-refractivity contribution in [1.29, 1.82) is 0 Å². The zero-order chi connectivity index (χ0) is 25.9. The second-order valence-electron chi connectivity index (χ2n) is 7.38. The van der Waals surface area contributed by atoms with Gasteiger partial charge in [0.25, 0.3) is 11.8 Å². The molecule has 0 radical (unpaired) electrons. The molecule has 3 aromatic rings. The molecule has 0 aliphatic carbocycles. The number of nitrogens with one attached hydrogen (secondary N) is 2. The van der Waals surface area contributed by atoms with E-state index in [-0.39, 0.29) is 5.57 Å². The molecule has 0 aliphatic rings. The number of methoxy groups -OCH3 is 3. The van der Waals surface area contributed by atoms with Gasteiger partial charge in [0.15, 0.2) is 11.5 Å². The summed E-state index contributed by atoms with van der Waals surface area (Å²) in [5, 5.41) is 5.51. The van der Waals surface area contributed by atoms with Crippen LogP contribution in [0.4, 0.5) is 11.4 Å². The molecule has 0 spiro atoms. The van der Waals surface area contributed by atoms with E-state index in [1.807, 2.05) is 0 Å². The first-order chi connectivity index (χ1) is 17.5. The third-order valence-corrected chi connectivity index (χ3v) is 5.05. The molecule has 0 saturated carbocycles. The van der Waals surface area contributed by atoms with Crippen LogP contribution in [0, 0.1) is 0 Å². The molecular formula is C28H28N2O6. The van der Waals surface area contributed by atoms with Gasteiger partial charge in [0.2, 0.25) is 0 Å². The molecule has 0 fully saturated rings. The van der Waals surface area contributed by atoms with Crippen LogP contribution in [0.2, 0.25) is 0 Å². The van der Waals surface area contributed by atoms with Gasteiger partial charge in [-0.25, -0.2) is 0 Å². The maximum atomic E-state index is 13.3. The third-order valence-electron chi connectivity index (χ3n) is 5.05. The smallest absolute Gasteiger partial charge is 0.261 e. The van der Waals surface area contributed by atoms with Gasteiger partial charge in [-0.15, -0.1) is 0 Å². The van der Waals surface area contributed by atoms with Crippen molar-refractivity contribution in [3.63, 3.8) is 0 Å². The zero-order valence-electron chi connectivity index (χ0n) is 20.4. The van der Waals surface area contributed by atoms with Crippen molar-refractivity contribution in [2.75, 3.05) is 38.6 Å². The molecule has 0 atom stereocenters. The monoisotopic (exact) mass is 488 g/mol. The molecule has 0 bridgehead atoms. The number of benzene rings is 3. The van der Waals surface area contributed by atoms with E-state index in [0.717, 1.165) is 0 Å². The van der Waals surface area contributed by atoms with Crippen molar-refractivity contribution < 1.29 is 28.5 Å². The number of amides is 2. The fourth-order valence-corrected chi connectivity index (χ4v) is 3.32. The van der Waals surface area contributed by atoms with Crippen molar-refractivity contribution >= 4 is 29.3 Å². The van der Waals surface area contributed by atoms with Gasteiger partial charge < -0.3 is 29.6 Å². The fraction of sp³-hybridized carbons (Fsp3) is 0.143. The summed E-state index contributed by atoms with van der Waals surface area (Å²) < 4.78 is 21.6. The summed E-state index contributed by atoms with van der Waals surface area (Å²) in [7, 11) is 4.50. The number of ether oxygens (including phenoxy) is 4. The summed E-state index contributed by atoms with van der Waals surface area (Å²) >= 11 is 0. The molecule has 36 heavy (non-hydrogen) atoms. The van der Waals surface area contributed by atoms with Gasteiger partial charge >= 0.3 is 0 Å². The molecule has 2 N–H and O–H groups in total. The molecule has 3 rings (SSSR count). The van der Waals surface area contributed by atoms with Gasteiger partial charge in [0.05, 0.1) is 32.7 Å². The maximum Gasteiger partial charge on any atom is 0.261 e. The van der Waals surface area contributed by atoms with Crippen LogP contribution in [0.15, 0.2) is 85.0 Å². The van der Waals surface area contributed by atoms with Crippen molar-refractivity contribution in [3.05, 3.63) is 90.5 Å².